The van der Waals surface area contributed by atoms with Crippen LogP contribution >= 0.6 is 12.2 Å². The molecule has 1 saturated heterocycles. The van der Waals surface area contributed by atoms with Gasteiger partial charge in [0.25, 0.3) is 0 Å². The van der Waals surface area contributed by atoms with Gasteiger partial charge in [-0.1, -0.05) is 12.2 Å². The summed E-state index contributed by atoms with van der Waals surface area (Å²) in [6, 6.07) is 1.84. The lowest BCUT2D eigenvalue weighted by Crippen LogP contribution is -2.36. The summed E-state index contributed by atoms with van der Waals surface area (Å²) in [5.74, 6) is 0.169. The molecular formula is C13H18N4OS. The molecule has 0 saturated carbocycles. The van der Waals surface area contributed by atoms with Crippen molar-refractivity contribution >= 4 is 28.8 Å². The predicted molar refractivity (Wildman–Crippen MR) is 78.9 cm³/mol. The van der Waals surface area contributed by atoms with Crippen molar-refractivity contribution in [1.82, 2.24) is 4.98 Å². The number of aromatic nitrogens is 1. The van der Waals surface area contributed by atoms with Crippen LogP contribution in [0.15, 0.2) is 18.5 Å². The van der Waals surface area contributed by atoms with Gasteiger partial charge >= 0.3 is 0 Å². The summed E-state index contributed by atoms with van der Waals surface area (Å²) in [4.78, 5) is 17.7. The Balaban J connectivity index is 2.05. The standard InChI is InChI=1S/C13H18N4OS/c14-12(18)7-9-2-5-17(6-3-9)11-8-16-4-1-10(11)13(15)19/h1,4,8-9H,2-3,5-7H2,(H2,14,18)(H2,15,19). The summed E-state index contributed by atoms with van der Waals surface area (Å²) in [5, 5.41) is 0. The fraction of sp³-hybridized carbons (Fsp3) is 0.462. The van der Waals surface area contributed by atoms with Crippen LogP contribution in [-0.4, -0.2) is 29.0 Å². The van der Waals surface area contributed by atoms with Crippen molar-refractivity contribution in [3.05, 3.63) is 24.0 Å². The molecule has 1 aliphatic rings. The zero-order chi connectivity index (χ0) is 13.8. The number of piperidine rings is 1. The maximum Gasteiger partial charge on any atom is 0.217 e. The Morgan fingerprint density at radius 2 is 2.11 bits per heavy atom. The minimum Gasteiger partial charge on any atom is -0.389 e. The molecule has 1 aromatic rings. The van der Waals surface area contributed by atoms with E-state index in [4.69, 9.17) is 23.7 Å². The average molecular weight is 278 g/mol. The Hall–Kier alpha value is -1.69. The van der Waals surface area contributed by atoms with E-state index in [1.54, 1.807) is 12.4 Å². The number of anilines is 1. The molecule has 2 heterocycles. The topological polar surface area (TPSA) is 85.2 Å². The third-order valence-electron chi connectivity index (χ3n) is 3.51. The first-order valence-corrected chi connectivity index (χ1v) is 6.76. The van der Waals surface area contributed by atoms with Crippen LogP contribution in [-0.2, 0) is 4.79 Å². The summed E-state index contributed by atoms with van der Waals surface area (Å²) < 4.78 is 0. The van der Waals surface area contributed by atoms with Crippen LogP contribution < -0.4 is 16.4 Å². The van der Waals surface area contributed by atoms with Gasteiger partial charge in [-0.25, -0.2) is 0 Å². The lowest BCUT2D eigenvalue weighted by Gasteiger charge is -2.34. The molecule has 19 heavy (non-hydrogen) atoms. The molecule has 1 amide bonds. The maximum atomic E-state index is 10.9. The normalized spacial score (nSPS) is 16.3. The van der Waals surface area contributed by atoms with Crippen LogP contribution in [0.25, 0.3) is 0 Å². The van der Waals surface area contributed by atoms with Gasteiger partial charge in [-0.05, 0) is 24.8 Å². The summed E-state index contributed by atoms with van der Waals surface area (Å²) in [7, 11) is 0. The average Bonchev–Trinajstić information content (AvgIpc) is 2.39. The number of hydrogen-bond acceptors (Lipinski definition) is 4. The number of pyridine rings is 1. The lowest BCUT2D eigenvalue weighted by molar-refractivity contribution is -0.119. The number of nitrogens with two attached hydrogens (primary N) is 2. The van der Waals surface area contributed by atoms with E-state index in [1.165, 1.54) is 0 Å². The molecule has 0 spiro atoms. The molecule has 0 aliphatic carbocycles. The highest BCUT2D eigenvalue weighted by Gasteiger charge is 2.22. The van der Waals surface area contributed by atoms with Crippen molar-refractivity contribution in [3.63, 3.8) is 0 Å². The Labute approximate surface area is 118 Å². The Bertz CT molecular complexity index is 483. The number of primary amides is 1. The molecule has 0 unspecified atom stereocenters. The van der Waals surface area contributed by atoms with Crippen LogP contribution in [0.4, 0.5) is 5.69 Å². The first-order chi connectivity index (χ1) is 9.08. The van der Waals surface area contributed by atoms with E-state index >= 15 is 0 Å². The Kier molecular flexibility index (Phi) is 4.31. The van der Waals surface area contributed by atoms with Gasteiger partial charge in [0.05, 0.1) is 11.9 Å². The summed E-state index contributed by atoms with van der Waals surface area (Å²) in [6.45, 7) is 1.75. The summed E-state index contributed by atoms with van der Waals surface area (Å²) in [6.07, 6.45) is 5.87. The highest BCUT2D eigenvalue weighted by molar-refractivity contribution is 7.80. The van der Waals surface area contributed by atoms with Crippen molar-refractivity contribution < 1.29 is 4.79 Å². The molecule has 102 valence electrons. The Morgan fingerprint density at radius 1 is 1.42 bits per heavy atom. The van der Waals surface area contributed by atoms with Crippen molar-refractivity contribution in [2.75, 3.05) is 18.0 Å². The van der Waals surface area contributed by atoms with Crippen LogP contribution in [0, 0.1) is 5.92 Å². The van der Waals surface area contributed by atoms with E-state index in [2.05, 4.69) is 9.88 Å². The highest BCUT2D eigenvalue weighted by Crippen LogP contribution is 2.26. The fourth-order valence-electron chi connectivity index (χ4n) is 2.51. The van der Waals surface area contributed by atoms with E-state index in [0.717, 1.165) is 37.2 Å². The van der Waals surface area contributed by atoms with E-state index in [-0.39, 0.29) is 5.91 Å². The molecular weight excluding hydrogens is 260 g/mol. The molecule has 0 atom stereocenters. The highest BCUT2D eigenvalue weighted by atomic mass is 32.1. The third kappa shape index (κ3) is 3.41. The molecule has 0 aromatic carbocycles. The molecule has 2 rings (SSSR count). The second-order valence-electron chi connectivity index (χ2n) is 4.86. The van der Waals surface area contributed by atoms with Crippen LogP contribution in [0.3, 0.4) is 0 Å². The maximum absolute atomic E-state index is 10.9. The molecule has 4 N–H and O–H groups in total. The number of rotatable bonds is 4. The van der Waals surface area contributed by atoms with Crippen LogP contribution in [0.2, 0.25) is 0 Å². The lowest BCUT2D eigenvalue weighted by atomic mass is 9.93. The first kappa shape index (κ1) is 13.7. The molecule has 1 aromatic heterocycles. The van der Waals surface area contributed by atoms with Gasteiger partial charge in [-0.2, -0.15) is 0 Å². The smallest absolute Gasteiger partial charge is 0.217 e. The number of hydrogen-bond donors (Lipinski definition) is 2. The number of thiocarbonyl (C=S) groups is 1. The number of nitrogens with zero attached hydrogens (tertiary/aromatic N) is 2. The zero-order valence-corrected chi connectivity index (χ0v) is 11.5. The van der Waals surface area contributed by atoms with Crippen molar-refractivity contribution in [2.24, 2.45) is 17.4 Å². The predicted octanol–water partition coefficient (Wildman–Crippen LogP) is 0.808. The van der Waals surface area contributed by atoms with E-state index < -0.39 is 0 Å². The minimum atomic E-state index is -0.219. The second kappa shape index (κ2) is 5.97. The third-order valence-corrected chi connectivity index (χ3v) is 3.73. The second-order valence-corrected chi connectivity index (χ2v) is 5.30. The minimum absolute atomic E-state index is 0.219. The molecule has 1 aliphatic heterocycles. The van der Waals surface area contributed by atoms with Crippen LogP contribution in [0.5, 0.6) is 0 Å². The fourth-order valence-corrected chi connectivity index (χ4v) is 2.68. The Morgan fingerprint density at radius 3 is 2.68 bits per heavy atom. The van der Waals surface area contributed by atoms with Crippen molar-refractivity contribution in [3.8, 4) is 0 Å². The van der Waals surface area contributed by atoms with Gasteiger partial charge in [0, 0.05) is 31.3 Å². The zero-order valence-electron chi connectivity index (χ0n) is 10.7. The van der Waals surface area contributed by atoms with Crippen LogP contribution in [0.1, 0.15) is 24.8 Å². The van der Waals surface area contributed by atoms with E-state index in [9.17, 15) is 4.79 Å². The van der Waals surface area contributed by atoms with Gasteiger partial charge in [-0.3, -0.25) is 9.78 Å². The van der Waals surface area contributed by atoms with Crippen molar-refractivity contribution in [2.45, 2.75) is 19.3 Å². The van der Waals surface area contributed by atoms with E-state index in [1.807, 2.05) is 6.07 Å². The largest absolute Gasteiger partial charge is 0.389 e. The summed E-state index contributed by atoms with van der Waals surface area (Å²) >= 11 is 5.06. The molecule has 0 radical (unpaired) electrons. The van der Waals surface area contributed by atoms with Crippen molar-refractivity contribution in [1.29, 1.82) is 0 Å². The molecule has 5 nitrogen and oxygen atoms in total. The molecule has 1 fully saturated rings. The number of amides is 1. The molecule has 0 bridgehead atoms. The van der Waals surface area contributed by atoms with E-state index in [0.29, 0.717) is 17.3 Å². The first-order valence-electron chi connectivity index (χ1n) is 6.35. The van der Waals surface area contributed by atoms with Gasteiger partial charge in [0.2, 0.25) is 5.91 Å². The summed E-state index contributed by atoms with van der Waals surface area (Å²) in [5.41, 5.74) is 12.8. The SMILES string of the molecule is NC(=O)CC1CCN(c2cnccc2C(N)=S)CC1. The van der Waals surface area contributed by atoms with Gasteiger partial charge in [0.1, 0.15) is 4.99 Å². The van der Waals surface area contributed by atoms with Gasteiger partial charge in [0.15, 0.2) is 0 Å². The molecule has 6 heteroatoms. The monoisotopic (exact) mass is 278 g/mol. The van der Waals surface area contributed by atoms with Gasteiger partial charge in [-0.15, -0.1) is 0 Å². The number of carbonyl (C=O) groups excluding carboxylic acids is 1. The number of carbonyl (C=O) groups is 1. The van der Waals surface area contributed by atoms with Gasteiger partial charge < -0.3 is 16.4 Å². The quantitative estimate of drug-likeness (QED) is 0.796.